The minimum atomic E-state index is -0.567. The molecule has 3 aromatic rings. The Morgan fingerprint density at radius 1 is 1.11 bits per heavy atom. The minimum absolute atomic E-state index is 0.0766. The van der Waals surface area contributed by atoms with E-state index in [0.717, 1.165) is 11.5 Å². The first-order valence-electron chi connectivity index (χ1n) is 10.5. The summed E-state index contributed by atoms with van der Waals surface area (Å²) in [7, 11) is 1.59. The van der Waals surface area contributed by atoms with E-state index in [1.54, 1.807) is 25.3 Å². The number of nitrogens with zero attached hydrogens (tertiary/aromatic N) is 3. The molecular formula is C24H24N4O5S2. The van der Waals surface area contributed by atoms with Gasteiger partial charge in [-0.15, -0.1) is 0 Å². The molecule has 1 amide bonds. The summed E-state index contributed by atoms with van der Waals surface area (Å²) < 4.78 is 26.6. The SMILES string of the molecule is CCOc1cc(C=C(C#N)C(=O)Nc2nc(SC)ns2)ccc1OCCOc1ccccc1OC. The normalized spacial score (nSPS) is 10.9. The number of methoxy groups -OCH3 is 1. The quantitative estimate of drug-likeness (QED) is 0.160. The summed E-state index contributed by atoms with van der Waals surface area (Å²) in [5, 5.41) is 13.0. The number of nitrogens with one attached hydrogen (secondary N) is 1. The molecule has 0 aliphatic heterocycles. The lowest BCUT2D eigenvalue weighted by Crippen LogP contribution is -2.13. The molecule has 0 aliphatic rings. The maximum atomic E-state index is 12.5. The minimum Gasteiger partial charge on any atom is -0.493 e. The van der Waals surface area contributed by atoms with Gasteiger partial charge in [-0.3, -0.25) is 10.1 Å². The van der Waals surface area contributed by atoms with Gasteiger partial charge >= 0.3 is 0 Å². The van der Waals surface area contributed by atoms with Crippen LogP contribution in [0.3, 0.4) is 0 Å². The third kappa shape index (κ3) is 7.37. The Labute approximate surface area is 211 Å². The third-order valence-electron chi connectivity index (χ3n) is 4.42. The van der Waals surface area contributed by atoms with Crippen molar-refractivity contribution in [2.24, 2.45) is 0 Å². The van der Waals surface area contributed by atoms with Crippen molar-refractivity contribution in [3.63, 3.8) is 0 Å². The number of rotatable bonds is 12. The fourth-order valence-corrected chi connectivity index (χ4v) is 3.99. The van der Waals surface area contributed by atoms with Gasteiger partial charge < -0.3 is 18.9 Å². The second-order valence-corrected chi connectivity index (χ2v) is 8.22. The zero-order valence-electron chi connectivity index (χ0n) is 19.4. The van der Waals surface area contributed by atoms with E-state index in [-0.39, 0.29) is 12.2 Å². The van der Waals surface area contributed by atoms with Crippen LogP contribution in [0.1, 0.15) is 12.5 Å². The third-order valence-corrected chi connectivity index (χ3v) is 5.72. The highest BCUT2D eigenvalue weighted by Crippen LogP contribution is 2.30. The standard InChI is InChI=1S/C24H24N4O5S2/c1-4-31-21-14-16(13-17(15-25)22(29)26-23-27-24(34-3)28-35-23)9-10-20(21)33-12-11-32-19-8-6-5-7-18(19)30-2/h5-10,13-14H,4,11-12H2,1-3H3,(H,26,27,28,29). The number of hydrogen-bond donors (Lipinski definition) is 1. The Morgan fingerprint density at radius 2 is 1.83 bits per heavy atom. The van der Waals surface area contributed by atoms with Gasteiger partial charge in [0.2, 0.25) is 10.3 Å². The van der Waals surface area contributed by atoms with Crippen molar-refractivity contribution >= 4 is 40.4 Å². The number of aromatic nitrogens is 2. The van der Waals surface area contributed by atoms with E-state index in [1.807, 2.05) is 43.5 Å². The Kier molecular flexibility index (Phi) is 9.77. The first-order valence-corrected chi connectivity index (χ1v) is 12.5. The molecule has 11 heteroatoms. The molecule has 1 heterocycles. The molecule has 0 aliphatic carbocycles. The molecule has 1 N–H and O–H groups in total. The number of hydrogen-bond acceptors (Lipinski definition) is 10. The molecule has 0 spiro atoms. The highest BCUT2D eigenvalue weighted by Gasteiger charge is 2.14. The highest BCUT2D eigenvalue weighted by atomic mass is 32.2. The lowest BCUT2D eigenvalue weighted by molar-refractivity contribution is -0.112. The number of para-hydroxylation sites is 2. The van der Waals surface area contributed by atoms with Crippen LogP contribution < -0.4 is 24.3 Å². The van der Waals surface area contributed by atoms with Crippen LogP contribution in [0, 0.1) is 11.3 Å². The summed E-state index contributed by atoms with van der Waals surface area (Å²) in [4.78, 5) is 16.7. The van der Waals surface area contributed by atoms with E-state index in [1.165, 1.54) is 17.8 Å². The van der Waals surface area contributed by atoms with Crippen molar-refractivity contribution in [3.05, 3.63) is 53.6 Å². The smallest absolute Gasteiger partial charge is 0.268 e. The monoisotopic (exact) mass is 512 g/mol. The van der Waals surface area contributed by atoms with Gasteiger partial charge in [0.25, 0.3) is 5.91 Å². The van der Waals surface area contributed by atoms with Gasteiger partial charge in [0, 0.05) is 11.5 Å². The zero-order valence-corrected chi connectivity index (χ0v) is 21.1. The van der Waals surface area contributed by atoms with Gasteiger partial charge in [-0.2, -0.15) is 14.6 Å². The molecule has 0 radical (unpaired) electrons. The lowest BCUT2D eigenvalue weighted by atomic mass is 10.1. The average Bonchev–Trinajstić information content (AvgIpc) is 3.34. The van der Waals surface area contributed by atoms with E-state index in [4.69, 9.17) is 18.9 Å². The predicted octanol–water partition coefficient (Wildman–Crippen LogP) is 4.67. The van der Waals surface area contributed by atoms with Crippen molar-refractivity contribution in [2.75, 3.05) is 38.5 Å². The molecule has 2 aromatic carbocycles. The maximum absolute atomic E-state index is 12.5. The van der Waals surface area contributed by atoms with Crippen LogP contribution in [0.15, 0.2) is 53.2 Å². The molecule has 182 valence electrons. The summed E-state index contributed by atoms with van der Waals surface area (Å²) in [6, 6.07) is 14.5. The summed E-state index contributed by atoms with van der Waals surface area (Å²) in [6.07, 6.45) is 3.31. The second kappa shape index (κ2) is 13.2. The Hall–Kier alpha value is -3.75. The molecule has 0 atom stereocenters. The van der Waals surface area contributed by atoms with Gasteiger partial charge in [-0.05, 0) is 49.1 Å². The summed E-state index contributed by atoms with van der Waals surface area (Å²) in [5.74, 6) is 1.72. The van der Waals surface area contributed by atoms with Crippen molar-refractivity contribution in [3.8, 4) is 29.1 Å². The van der Waals surface area contributed by atoms with Crippen molar-refractivity contribution in [1.82, 2.24) is 9.36 Å². The van der Waals surface area contributed by atoms with Gasteiger partial charge in [0.05, 0.1) is 13.7 Å². The van der Waals surface area contributed by atoms with E-state index in [9.17, 15) is 10.1 Å². The van der Waals surface area contributed by atoms with E-state index in [2.05, 4.69) is 14.7 Å². The van der Waals surface area contributed by atoms with Gasteiger partial charge in [-0.25, -0.2) is 0 Å². The summed E-state index contributed by atoms with van der Waals surface area (Å²) >= 11 is 2.42. The molecule has 0 saturated heterocycles. The van der Waals surface area contributed by atoms with Crippen molar-refractivity contribution < 1.29 is 23.7 Å². The van der Waals surface area contributed by atoms with Crippen LogP contribution in [0.25, 0.3) is 6.08 Å². The largest absolute Gasteiger partial charge is 0.493 e. The molecule has 9 nitrogen and oxygen atoms in total. The van der Waals surface area contributed by atoms with Crippen LogP contribution >= 0.6 is 23.3 Å². The average molecular weight is 513 g/mol. The first kappa shape index (κ1) is 25.9. The van der Waals surface area contributed by atoms with Crippen molar-refractivity contribution in [2.45, 2.75) is 12.1 Å². The molecule has 1 aromatic heterocycles. The number of thioether (sulfide) groups is 1. The molecular weight excluding hydrogens is 488 g/mol. The number of carbonyl (C=O) groups excluding carboxylic acids is 1. The molecule has 0 unspecified atom stereocenters. The number of benzene rings is 2. The fraction of sp³-hybridized carbons (Fsp3) is 0.250. The molecule has 0 bridgehead atoms. The zero-order chi connectivity index (χ0) is 25.0. The predicted molar refractivity (Wildman–Crippen MR) is 136 cm³/mol. The number of anilines is 1. The van der Waals surface area contributed by atoms with Crippen LogP contribution in [0.5, 0.6) is 23.0 Å². The van der Waals surface area contributed by atoms with Gasteiger partial charge in [-0.1, -0.05) is 30.0 Å². The second-order valence-electron chi connectivity index (χ2n) is 6.70. The summed E-state index contributed by atoms with van der Waals surface area (Å²) in [5.41, 5.74) is 0.534. The first-order chi connectivity index (χ1) is 17.1. The number of carbonyl (C=O) groups is 1. The Morgan fingerprint density at radius 3 is 2.46 bits per heavy atom. The highest BCUT2D eigenvalue weighted by molar-refractivity contribution is 7.98. The topological polar surface area (TPSA) is 116 Å². The van der Waals surface area contributed by atoms with E-state index in [0.29, 0.717) is 52.1 Å². The fourth-order valence-electron chi connectivity index (χ4n) is 2.87. The van der Waals surface area contributed by atoms with Crippen molar-refractivity contribution in [1.29, 1.82) is 5.26 Å². The van der Waals surface area contributed by atoms with Gasteiger partial charge in [0.15, 0.2) is 23.0 Å². The number of nitriles is 1. The molecule has 0 fully saturated rings. The molecule has 0 saturated carbocycles. The van der Waals surface area contributed by atoms with Gasteiger partial charge in [0.1, 0.15) is 24.9 Å². The van der Waals surface area contributed by atoms with Crippen LogP contribution in [0.4, 0.5) is 5.13 Å². The van der Waals surface area contributed by atoms with Crippen LogP contribution in [-0.4, -0.2) is 48.5 Å². The van der Waals surface area contributed by atoms with E-state index >= 15 is 0 Å². The number of amides is 1. The molecule has 3 rings (SSSR count). The maximum Gasteiger partial charge on any atom is 0.268 e. The van der Waals surface area contributed by atoms with Crippen LogP contribution in [-0.2, 0) is 4.79 Å². The lowest BCUT2D eigenvalue weighted by Gasteiger charge is -2.14. The summed E-state index contributed by atoms with van der Waals surface area (Å²) in [6.45, 7) is 2.85. The van der Waals surface area contributed by atoms with E-state index < -0.39 is 5.91 Å². The Balaban J connectivity index is 1.66. The Bertz CT molecular complexity index is 1220. The van der Waals surface area contributed by atoms with Crippen LogP contribution in [0.2, 0.25) is 0 Å². The molecule has 35 heavy (non-hydrogen) atoms. The number of ether oxygens (including phenoxy) is 4.